The quantitative estimate of drug-likeness (QED) is 0.223. The van der Waals surface area contributed by atoms with Gasteiger partial charge in [0.25, 0.3) is 0 Å². The molecule has 1 aromatic carbocycles. The average Bonchev–Trinajstić information content (AvgIpc) is 3.55. The number of halogens is 2. The third kappa shape index (κ3) is 7.66. The van der Waals surface area contributed by atoms with E-state index in [2.05, 4.69) is 29.9 Å². The summed E-state index contributed by atoms with van der Waals surface area (Å²) in [5.41, 5.74) is 0.265. The molecule has 47 heavy (non-hydrogen) atoms. The van der Waals surface area contributed by atoms with Crippen LogP contribution in [-0.2, 0) is 29.1 Å². The second-order valence-electron chi connectivity index (χ2n) is 13.8. The second kappa shape index (κ2) is 14.1. The molecule has 2 fully saturated rings. The van der Waals surface area contributed by atoms with Crippen molar-refractivity contribution in [3.63, 3.8) is 0 Å². The number of thiazole rings is 1. The maximum atomic E-state index is 14.7. The molecule has 15 heteroatoms. The largest absolute Gasteiger partial charge is 0.466 e. The van der Waals surface area contributed by atoms with E-state index in [1.54, 1.807) is 31.5 Å². The lowest BCUT2D eigenvalue weighted by Crippen LogP contribution is -2.54. The van der Waals surface area contributed by atoms with E-state index in [-0.39, 0.29) is 55.0 Å². The van der Waals surface area contributed by atoms with E-state index in [1.807, 2.05) is 0 Å². The van der Waals surface area contributed by atoms with Crippen LogP contribution in [0, 0.1) is 17.2 Å². The number of ether oxygens (including phenoxy) is 2. The minimum absolute atomic E-state index is 0.116. The van der Waals surface area contributed by atoms with Gasteiger partial charge >= 0.3 is 11.9 Å². The number of aliphatic imine (C=N–C) groups is 1. The van der Waals surface area contributed by atoms with Crippen molar-refractivity contribution < 1.29 is 31.9 Å². The number of carbonyl (C=O) groups is 2. The van der Waals surface area contributed by atoms with Crippen molar-refractivity contribution in [3.8, 4) is 0 Å². The van der Waals surface area contributed by atoms with Gasteiger partial charge < -0.3 is 14.8 Å². The van der Waals surface area contributed by atoms with Gasteiger partial charge in [-0.25, -0.2) is 26.9 Å². The molecule has 5 rings (SSSR count). The summed E-state index contributed by atoms with van der Waals surface area (Å²) in [6.07, 6.45) is 2.93. The summed E-state index contributed by atoms with van der Waals surface area (Å²) in [6, 6.07) is 4.28. The molecule has 1 saturated heterocycles. The van der Waals surface area contributed by atoms with E-state index >= 15 is 0 Å². The Balaban J connectivity index is 1.35. The lowest BCUT2D eigenvalue weighted by atomic mass is 9.70. The lowest BCUT2D eigenvalue weighted by Gasteiger charge is -2.45. The van der Waals surface area contributed by atoms with Crippen LogP contribution in [0.3, 0.4) is 0 Å². The normalized spacial score (nSPS) is 24.3. The number of nitrogens with zero attached hydrogens (tertiary/aromatic N) is 3. The zero-order valence-electron chi connectivity index (χ0n) is 27.3. The molecule has 1 aromatic heterocycles. The Morgan fingerprint density at radius 3 is 2.51 bits per heavy atom. The zero-order valence-corrected chi connectivity index (χ0v) is 30.7. The number of hydrogen-bond acceptors (Lipinski definition) is 10. The highest BCUT2D eigenvalue weighted by molar-refractivity contribution is 7.89. The van der Waals surface area contributed by atoms with Gasteiger partial charge in [0.05, 0.1) is 34.5 Å². The van der Waals surface area contributed by atoms with Gasteiger partial charge in [-0.3, -0.25) is 9.79 Å². The molecule has 1 atom stereocenters. The Kier molecular flexibility index (Phi) is 10.7. The number of aromatic nitrogens is 1. The topological polar surface area (TPSA) is 127 Å². The SMILES string of the molecule is CCOC(=O)C1=C(C2CCN(S(=O)(=O)C3CC(C)(C(=O)OCC[Si](C)(C)C)C3)CC2)NC(c2nccs2)=NC1c1cccc(F)c1Cl. The monoisotopic (exact) mass is 724 g/mol. The summed E-state index contributed by atoms with van der Waals surface area (Å²) in [5.74, 6) is -1.41. The van der Waals surface area contributed by atoms with Gasteiger partial charge in [0, 0.05) is 49.9 Å². The molecule has 0 amide bonds. The number of amidine groups is 1. The summed E-state index contributed by atoms with van der Waals surface area (Å²) in [6.45, 7) is 11.1. The van der Waals surface area contributed by atoms with Crippen LogP contribution in [0.25, 0.3) is 0 Å². The molecule has 1 N–H and O–H groups in total. The molecular weight excluding hydrogens is 683 g/mol. The molecule has 0 bridgehead atoms. The van der Waals surface area contributed by atoms with Gasteiger partial charge in [-0.05, 0) is 51.6 Å². The van der Waals surface area contributed by atoms with E-state index in [0.717, 1.165) is 6.04 Å². The number of rotatable bonds is 11. The second-order valence-corrected chi connectivity index (χ2v) is 22.9. The average molecular weight is 725 g/mol. The number of sulfonamides is 1. The molecule has 2 aliphatic heterocycles. The Morgan fingerprint density at radius 2 is 1.89 bits per heavy atom. The van der Waals surface area contributed by atoms with Crippen molar-refractivity contribution >= 4 is 58.8 Å². The molecule has 0 radical (unpaired) electrons. The maximum Gasteiger partial charge on any atom is 0.338 e. The number of allylic oxidation sites excluding steroid dienone is 1. The van der Waals surface area contributed by atoms with Crippen molar-refractivity contribution in [3.05, 3.63) is 62.5 Å². The van der Waals surface area contributed by atoms with Crippen LogP contribution in [0.1, 0.15) is 56.1 Å². The standard InChI is InChI=1S/C32H42ClFN4O6S2Si/c1-6-43-30(39)24-26(36-28(29-35-12-16-45-29)37-27(24)22-8-7-9-23(34)25(22)33)20-10-13-38(14-11-20)46(41,42)21-18-32(2,19-21)31(40)44-15-17-47(3,4)5/h7-9,12,16,20-21,27H,6,10-11,13-15,17-19H2,1-5H3,(H,36,37). The molecule has 10 nitrogen and oxygen atoms in total. The Morgan fingerprint density at radius 1 is 1.19 bits per heavy atom. The van der Waals surface area contributed by atoms with E-state index in [4.69, 9.17) is 26.1 Å². The van der Waals surface area contributed by atoms with Crippen LogP contribution in [0.4, 0.5) is 4.39 Å². The highest BCUT2D eigenvalue weighted by Crippen LogP contribution is 2.47. The first-order valence-electron chi connectivity index (χ1n) is 15.9. The fourth-order valence-electron chi connectivity index (χ4n) is 6.28. The number of piperidine rings is 1. The fraction of sp³-hybridized carbons (Fsp3) is 0.562. The third-order valence-electron chi connectivity index (χ3n) is 9.06. The van der Waals surface area contributed by atoms with E-state index in [1.165, 1.54) is 27.8 Å². The predicted molar refractivity (Wildman–Crippen MR) is 183 cm³/mol. The maximum absolute atomic E-state index is 14.7. The van der Waals surface area contributed by atoms with E-state index in [9.17, 15) is 22.4 Å². The highest BCUT2D eigenvalue weighted by atomic mass is 35.5. The summed E-state index contributed by atoms with van der Waals surface area (Å²) in [7, 11) is -5.03. The molecule has 3 heterocycles. The third-order valence-corrected chi connectivity index (χ3v) is 14.2. The first-order valence-corrected chi connectivity index (χ1v) is 22.4. The summed E-state index contributed by atoms with van der Waals surface area (Å²) in [4.78, 5) is 35.5. The number of hydrogen-bond donors (Lipinski definition) is 1. The molecule has 0 spiro atoms. The highest BCUT2D eigenvalue weighted by Gasteiger charge is 2.54. The molecule has 3 aliphatic rings. The Bertz CT molecular complexity index is 1660. The van der Waals surface area contributed by atoms with Crippen LogP contribution in [0.2, 0.25) is 30.7 Å². The predicted octanol–water partition coefficient (Wildman–Crippen LogP) is 5.94. The van der Waals surface area contributed by atoms with Gasteiger partial charge in [-0.2, -0.15) is 0 Å². The number of benzene rings is 1. The van der Waals surface area contributed by atoms with Crippen LogP contribution in [0.5, 0.6) is 0 Å². The fourth-order valence-corrected chi connectivity index (χ4v) is 10.1. The van der Waals surface area contributed by atoms with Crippen molar-refractivity contribution in [1.29, 1.82) is 0 Å². The van der Waals surface area contributed by atoms with Gasteiger partial charge in [-0.1, -0.05) is 43.4 Å². The first-order chi connectivity index (χ1) is 22.1. The summed E-state index contributed by atoms with van der Waals surface area (Å²) >= 11 is 7.78. The Hall–Kier alpha value is -2.65. The first kappa shape index (κ1) is 35.6. The van der Waals surface area contributed by atoms with Gasteiger partial charge in [-0.15, -0.1) is 11.3 Å². The van der Waals surface area contributed by atoms with Crippen LogP contribution in [0.15, 0.2) is 46.0 Å². The van der Waals surface area contributed by atoms with Crippen LogP contribution in [-0.4, -0.2) is 75.1 Å². The Labute approximate surface area is 285 Å². The lowest BCUT2D eigenvalue weighted by molar-refractivity contribution is -0.159. The molecule has 2 aromatic rings. The zero-order chi connectivity index (χ0) is 34.1. The minimum atomic E-state index is -3.66. The van der Waals surface area contributed by atoms with Gasteiger partial charge in [0.2, 0.25) is 10.0 Å². The van der Waals surface area contributed by atoms with Crippen molar-refractivity contribution in [2.75, 3.05) is 26.3 Å². The minimum Gasteiger partial charge on any atom is -0.466 e. The molecule has 1 saturated carbocycles. The van der Waals surface area contributed by atoms with Crippen LogP contribution >= 0.6 is 22.9 Å². The number of esters is 2. The molecule has 256 valence electrons. The smallest absolute Gasteiger partial charge is 0.338 e. The number of nitrogens with one attached hydrogen (secondary N) is 1. The molecular formula is C32H42ClFN4O6S2Si. The van der Waals surface area contributed by atoms with Crippen molar-refractivity contribution in [1.82, 2.24) is 14.6 Å². The van der Waals surface area contributed by atoms with Crippen molar-refractivity contribution in [2.24, 2.45) is 16.3 Å². The van der Waals surface area contributed by atoms with E-state index < -0.39 is 46.6 Å². The van der Waals surface area contributed by atoms with Crippen LogP contribution < -0.4 is 5.32 Å². The van der Waals surface area contributed by atoms with Gasteiger partial charge in [0.1, 0.15) is 11.9 Å². The summed E-state index contributed by atoms with van der Waals surface area (Å²) in [5, 5.41) is 4.90. The van der Waals surface area contributed by atoms with E-state index in [0.29, 0.717) is 41.6 Å². The molecule has 1 aliphatic carbocycles. The van der Waals surface area contributed by atoms with Crippen molar-refractivity contribution in [2.45, 2.75) is 76.5 Å². The van der Waals surface area contributed by atoms with Gasteiger partial charge in [0.15, 0.2) is 10.8 Å². The number of carbonyl (C=O) groups excluding carboxylic acids is 2. The summed E-state index contributed by atoms with van der Waals surface area (Å²) < 4.78 is 54.5. The molecule has 1 unspecified atom stereocenters.